The molecule has 1 aromatic carbocycles. The quantitative estimate of drug-likeness (QED) is 0.0400. The zero-order chi connectivity index (χ0) is 32.4. The maximum atomic E-state index is 13.3. The fourth-order valence-corrected chi connectivity index (χ4v) is 7.46. The van der Waals surface area contributed by atoms with Crippen LogP contribution in [-0.2, 0) is 24.0 Å². The van der Waals surface area contributed by atoms with Crippen LogP contribution in [0.25, 0.3) is 5.69 Å². The first-order valence-corrected chi connectivity index (χ1v) is 15.9. The Balaban J connectivity index is 1.35. The van der Waals surface area contributed by atoms with Crippen LogP contribution in [0.3, 0.4) is 0 Å². The van der Waals surface area contributed by atoms with Crippen LogP contribution in [0.15, 0.2) is 63.4 Å². The fraction of sp³-hybridized carbons (Fsp3) is 0.231. The van der Waals surface area contributed by atoms with Gasteiger partial charge in [-0.05, 0) is 36.4 Å². The maximum Gasteiger partial charge on any atom is 0.352 e. The number of aliphatic carboxylic acids is 2. The highest BCUT2D eigenvalue weighted by Crippen LogP contribution is 2.41. The van der Waals surface area contributed by atoms with Gasteiger partial charge >= 0.3 is 17.1 Å². The molecule has 2 aliphatic heterocycles. The summed E-state index contributed by atoms with van der Waals surface area (Å²) in [4.78, 5) is 64.5. The number of amides is 2. The summed E-state index contributed by atoms with van der Waals surface area (Å²) in [5.74, 6) is -3.22. The van der Waals surface area contributed by atoms with E-state index in [1.807, 2.05) is 30.3 Å². The number of aromatic nitrogens is 3. The number of carbonyl (C=O) groups excluding carboxylic acids is 2. The third kappa shape index (κ3) is 6.49. The van der Waals surface area contributed by atoms with Gasteiger partial charge in [-0.25, -0.2) is 14.6 Å². The van der Waals surface area contributed by atoms with Gasteiger partial charge in [0.05, 0.1) is 6.07 Å². The van der Waals surface area contributed by atoms with E-state index < -0.39 is 47.0 Å². The molecule has 234 valence electrons. The number of hydrogen-bond donors (Lipinski definition) is 6. The standard InChI is InChI=1S/C26H25N9O7S3/c1-11(23(38)39)42-33-17(14-10-44-25(29)30-14)20(36)32-18-21(37)35-19(24(40)41)12(8-43-22(18)35)9-45-26-31-15(27)7-16(28)34(26)13-5-3-2-4-6-13/h2-7,10-11,18,22H,8-9H2,1H3,(H8,27,28,29,30,32,36,38,39,40,41)/p+1/b33-17-/t11?,18?,22-/m1/s1. The van der Waals surface area contributed by atoms with Gasteiger partial charge in [0.15, 0.2) is 10.8 Å². The molecule has 16 nitrogen and oxygen atoms in total. The molecule has 19 heteroatoms. The minimum Gasteiger partial charge on any atom is -0.478 e. The molecule has 2 unspecified atom stereocenters. The van der Waals surface area contributed by atoms with Crippen molar-refractivity contribution in [1.29, 1.82) is 0 Å². The monoisotopic (exact) mass is 672 g/mol. The highest BCUT2D eigenvalue weighted by molar-refractivity contribution is 8.01. The molecule has 5 rings (SSSR count). The number of rotatable bonds is 11. The predicted molar refractivity (Wildman–Crippen MR) is 166 cm³/mol. The molecule has 0 saturated carbocycles. The number of fused-ring (bicyclic) bond motifs is 1. The van der Waals surface area contributed by atoms with Crippen molar-refractivity contribution < 1.29 is 38.8 Å². The van der Waals surface area contributed by atoms with Crippen LogP contribution in [-0.4, -0.2) is 83.6 Å². The van der Waals surface area contributed by atoms with E-state index in [0.717, 1.165) is 21.9 Å². The number of benzene rings is 1. The number of anilines is 3. The van der Waals surface area contributed by atoms with Gasteiger partial charge in [0.2, 0.25) is 17.7 Å². The highest BCUT2D eigenvalue weighted by Gasteiger charge is 2.54. The van der Waals surface area contributed by atoms with Crippen LogP contribution >= 0.6 is 34.9 Å². The molecule has 0 radical (unpaired) electrons. The molecular weight excluding hydrogens is 647 g/mol. The maximum absolute atomic E-state index is 13.3. The number of para-hydroxylation sites is 1. The Bertz CT molecular complexity index is 1750. The Morgan fingerprint density at radius 2 is 1.96 bits per heavy atom. The lowest BCUT2D eigenvalue weighted by atomic mass is 10.0. The van der Waals surface area contributed by atoms with Crippen LogP contribution in [0.2, 0.25) is 0 Å². The Kier molecular flexibility index (Phi) is 9.11. The summed E-state index contributed by atoms with van der Waals surface area (Å²) >= 11 is 3.50. The van der Waals surface area contributed by atoms with Gasteiger partial charge in [0.25, 0.3) is 11.8 Å². The fourth-order valence-electron chi connectivity index (χ4n) is 4.39. The first-order chi connectivity index (χ1) is 21.5. The number of carbonyl (C=O) groups is 4. The zero-order valence-corrected chi connectivity index (χ0v) is 25.8. The molecule has 4 heterocycles. The molecule has 1 fully saturated rings. The van der Waals surface area contributed by atoms with Crippen LogP contribution in [0.5, 0.6) is 0 Å². The number of nitrogen functional groups attached to an aromatic ring is 3. The average Bonchev–Trinajstić information content (AvgIpc) is 3.43. The van der Waals surface area contributed by atoms with Crippen LogP contribution in [0.1, 0.15) is 12.6 Å². The van der Waals surface area contributed by atoms with E-state index in [-0.39, 0.29) is 33.8 Å². The topological polar surface area (TPSA) is 253 Å². The third-order valence-electron chi connectivity index (χ3n) is 6.53. The van der Waals surface area contributed by atoms with Crippen molar-refractivity contribution >= 4 is 81.1 Å². The average molecular weight is 673 g/mol. The van der Waals surface area contributed by atoms with Crippen molar-refractivity contribution in [3.8, 4) is 5.69 Å². The van der Waals surface area contributed by atoms with Gasteiger partial charge < -0.3 is 37.6 Å². The Morgan fingerprint density at radius 1 is 1.22 bits per heavy atom. The van der Waals surface area contributed by atoms with Gasteiger partial charge in [0.1, 0.15) is 28.5 Å². The summed E-state index contributed by atoms with van der Waals surface area (Å²) in [6.45, 7) is 1.22. The lowest BCUT2D eigenvalue weighted by molar-refractivity contribution is -0.626. The number of carboxylic acids is 2. The van der Waals surface area contributed by atoms with E-state index in [9.17, 15) is 24.3 Å². The molecule has 0 aliphatic carbocycles. The van der Waals surface area contributed by atoms with E-state index in [2.05, 4.69) is 20.4 Å². The second-order valence-corrected chi connectivity index (χ2v) is 12.5. The van der Waals surface area contributed by atoms with E-state index in [0.29, 0.717) is 16.5 Å². The largest absolute Gasteiger partial charge is 0.478 e. The molecule has 1 saturated heterocycles. The van der Waals surface area contributed by atoms with E-state index in [4.69, 9.17) is 27.1 Å². The van der Waals surface area contributed by atoms with E-state index in [1.165, 1.54) is 41.9 Å². The Hall–Kier alpha value is -4.88. The second-order valence-electron chi connectivity index (χ2n) is 9.56. The summed E-state index contributed by atoms with van der Waals surface area (Å²) in [7, 11) is 0. The highest BCUT2D eigenvalue weighted by atomic mass is 32.2. The minimum absolute atomic E-state index is 0.0153. The lowest BCUT2D eigenvalue weighted by Crippen LogP contribution is -2.71. The number of thioether (sulfide) groups is 2. The number of oxime groups is 1. The summed E-state index contributed by atoms with van der Waals surface area (Å²) in [6, 6.07) is 9.63. The zero-order valence-electron chi connectivity index (χ0n) is 23.3. The first kappa shape index (κ1) is 31.5. The van der Waals surface area contributed by atoms with Crippen molar-refractivity contribution in [2.24, 2.45) is 5.16 Å². The Morgan fingerprint density at radius 3 is 2.60 bits per heavy atom. The summed E-state index contributed by atoms with van der Waals surface area (Å²) in [5, 5.41) is 26.7. The molecule has 3 aromatic rings. The van der Waals surface area contributed by atoms with Crippen molar-refractivity contribution in [1.82, 2.24) is 20.2 Å². The number of β-lactam (4-membered cyclic amide) rings is 1. The van der Waals surface area contributed by atoms with Crippen molar-refractivity contribution in [3.05, 3.63) is 58.7 Å². The van der Waals surface area contributed by atoms with Gasteiger partial charge in [-0.1, -0.05) is 28.3 Å². The van der Waals surface area contributed by atoms with E-state index >= 15 is 0 Å². The molecule has 3 atom stereocenters. The molecular formula is C26H26N9O7S3+. The minimum atomic E-state index is -1.38. The Labute approximate surface area is 267 Å². The third-order valence-corrected chi connectivity index (χ3v) is 9.56. The number of hydrogen-bond acceptors (Lipinski definition) is 14. The molecule has 9 N–H and O–H groups in total. The van der Waals surface area contributed by atoms with Gasteiger partial charge in [-0.2, -0.15) is 4.57 Å². The molecule has 0 bridgehead atoms. The molecule has 45 heavy (non-hydrogen) atoms. The summed E-state index contributed by atoms with van der Waals surface area (Å²) in [6.07, 6.45) is -1.38. The van der Waals surface area contributed by atoms with Gasteiger partial charge in [-0.15, -0.1) is 23.1 Å². The van der Waals surface area contributed by atoms with Crippen molar-refractivity contribution in [2.75, 3.05) is 28.7 Å². The number of nitrogens with zero attached hydrogens (tertiary/aromatic N) is 5. The predicted octanol–water partition coefficient (Wildman–Crippen LogP) is 0.286. The van der Waals surface area contributed by atoms with Crippen LogP contribution in [0, 0.1) is 0 Å². The number of nitrogens with one attached hydrogen (secondary N) is 1. The van der Waals surface area contributed by atoms with E-state index in [1.54, 1.807) is 4.57 Å². The molecule has 2 aliphatic rings. The second kappa shape index (κ2) is 13.0. The summed E-state index contributed by atoms with van der Waals surface area (Å²) < 4.78 is 1.69. The smallest absolute Gasteiger partial charge is 0.352 e. The molecule has 0 spiro atoms. The molecule has 2 amide bonds. The van der Waals surface area contributed by atoms with Crippen molar-refractivity contribution in [2.45, 2.75) is 29.6 Å². The normalized spacial score (nSPS) is 18.6. The van der Waals surface area contributed by atoms with Gasteiger partial charge in [-0.3, -0.25) is 14.5 Å². The number of carboxylic acid groups (broad SMARTS) is 2. The lowest BCUT2D eigenvalue weighted by Gasteiger charge is -2.49. The van der Waals surface area contributed by atoms with Crippen LogP contribution in [0.4, 0.5) is 16.8 Å². The first-order valence-electron chi connectivity index (χ1n) is 13.0. The van der Waals surface area contributed by atoms with Crippen LogP contribution < -0.4 is 27.1 Å². The SMILES string of the molecule is CC(O/N=C(\C(=O)NC1C(=O)N2C(C(=O)O)=C(CSc3nc(N)cc(N)[n+]3-c3ccccc3)CS[C@H]12)c1csc(N)n1)C(=O)O. The summed E-state index contributed by atoms with van der Waals surface area (Å²) in [5.41, 5.74) is 18.5. The number of thiazole rings is 1. The molecule has 2 aromatic heterocycles. The van der Waals surface area contributed by atoms with Gasteiger partial charge in [0, 0.05) is 16.9 Å². The number of nitrogens with two attached hydrogens (primary N) is 3. The van der Waals surface area contributed by atoms with Crippen molar-refractivity contribution in [3.63, 3.8) is 0 Å².